The Bertz CT molecular complexity index is 110. The Morgan fingerprint density at radius 3 is 1.89 bits per heavy atom. The summed E-state index contributed by atoms with van der Waals surface area (Å²) in [5, 5.41) is 0. The summed E-state index contributed by atoms with van der Waals surface area (Å²) < 4.78 is 0. The van der Waals surface area contributed by atoms with Gasteiger partial charge in [-0.1, -0.05) is 6.92 Å². The normalized spacial score (nSPS) is 7.78. The molecule has 0 atom stereocenters. The van der Waals surface area contributed by atoms with E-state index in [1.807, 2.05) is 0 Å². The Morgan fingerprint density at radius 2 is 1.78 bits per heavy atom. The van der Waals surface area contributed by atoms with Gasteiger partial charge in [0.1, 0.15) is 11.6 Å². The third-order valence-corrected chi connectivity index (χ3v) is 0.840. The molecule has 2 nitrogen and oxygen atoms in total. The molecule has 0 unspecified atom stereocenters. The van der Waals surface area contributed by atoms with Gasteiger partial charge >= 0.3 is 0 Å². The fraction of sp³-hybridized carbons (Fsp3) is 0.667. The molecule has 48 valence electrons. The van der Waals surface area contributed by atoms with E-state index in [1.54, 1.807) is 6.92 Å². The molecular weight excluding hydrogens is 113 g/mol. The van der Waals surface area contributed by atoms with Gasteiger partial charge in [-0.3, -0.25) is 9.59 Å². The van der Waals surface area contributed by atoms with E-state index in [9.17, 15) is 9.59 Å². The molecule has 0 aromatic heterocycles. The SMILES string of the molecule is CCC(=O)CC(C)=O.[Be]. The van der Waals surface area contributed by atoms with E-state index in [0.717, 1.165) is 0 Å². The Balaban J connectivity index is 0. The average molecular weight is 123 g/mol. The molecule has 0 N–H and O–H groups in total. The zero-order valence-electron chi connectivity index (χ0n) is 5.94. The second-order valence-corrected chi connectivity index (χ2v) is 1.77. The number of carbonyl (C=O) groups excluding carboxylic acids is 2. The summed E-state index contributed by atoms with van der Waals surface area (Å²) in [5.74, 6) is -0.0191. The minimum Gasteiger partial charge on any atom is -0.300 e. The number of carbonyl (C=O) groups is 2. The van der Waals surface area contributed by atoms with E-state index in [-0.39, 0.29) is 28.1 Å². The number of rotatable bonds is 3. The summed E-state index contributed by atoms with van der Waals surface area (Å²) in [6.07, 6.45) is 0.579. The molecule has 0 aliphatic rings. The monoisotopic (exact) mass is 123 g/mol. The minimum atomic E-state index is -0.0446. The number of ketones is 2. The number of Topliss-reactive ketones (excluding diaryl/α,β-unsaturated/α-hetero) is 2. The maximum Gasteiger partial charge on any atom is 0.139 e. The van der Waals surface area contributed by atoms with Gasteiger partial charge < -0.3 is 0 Å². The van der Waals surface area contributed by atoms with Gasteiger partial charge in [-0.2, -0.15) is 0 Å². The summed E-state index contributed by atoms with van der Waals surface area (Å²) in [6.45, 7) is 3.18. The third-order valence-electron chi connectivity index (χ3n) is 0.840. The van der Waals surface area contributed by atoms with Crippen molar-refractivity contribution in [3.05, 3.63) is 0 Å². The van der Waals surface area contributed by atoms with Crippen molar-refractivity contribution in [2.45, 2.75) is 26.7 Å². The van der Waals surface area contributed by atoms with E-state index in [1.165, 1.54) is 6.92 Å². The first kappa shape index (κ1) is 11.3. The van der Waals surface area contributed by atoms with Crippen LogP contribution < -0.4 is 0 Å². The maximum atomic E-state index is 10.4. The van der Waals surface area contributed by atoms with Crippen LogP contribution in [0.3, 0.4) is 0 Å². The van der Waals surface area contributed by atoms with Crippen LogP contribution in [0.5, 0.6) is 0 Å². The summed E-state index contributed by atoms with van der Waals surface area (Å²) in [7, 11) is 0. The first-order valence-corrected chi connectivity index (χ1v) is 2.68. The van der Waals surface area contributed by atoms with Crippen molar-refractivity contribution in [1.82, 2.24) is 0 Å². The molecule has 0 aliphatic heterocycles. The third kappa shape index (κ3) is 7.51. The molecule has 0 heterocycles. The van der Waals surface area contributed by atoms with E-state index >= 15 is 0 Å². The molecule has 0 rings (SSSR count). The molecule has 9 heavy (non-hydrogen) atoms. The average Bonchev–Trinajstić information content (AvgIpc) is 1.65. The molecule has 0 aliphatic carbocycles. The van der Waals surface area contributed by atoms with Crippen LogP contribution in [0.2, 0.25) is 0 Å². The molecule has 2 radical (unpaired) electrons. The van der Waals surface area contributed by atoms with Gasteiger partial charge in [0.25, 0.3) is 0 Å². The van der Waals surface area contributed by atoms with E-state index in [2.05, 4.69) is 0 Å². The van der Waals surface area contributed by atoms with E-state index in [4.69, 9.17) is 0 Å². The smallest absolute Gasteiger partial charge is 0.139 e. The van der Waals surface area contributed by atoms with Gasteiger partial charge in [0, 0.05) is 16.5 Å². The van der Waals surface area contributed by atoms with Crippen LogP contribution in [-0.4, -0.2) is 21.7 Å². The fourth-order valence-corrected chi connectivity index (χ4v) is 0.403. The maximum absolute atomic E-state index is 10.4. The van der Waals surface area contributed by atoms with Crippen LogP contribution >= 0.6 is 0 Å². The van der Waals surface area contributed by atoms with Crippen molar-refractivity contribution in [3.63, 3.8) is 0 Å². The first-order chi connectivity index (χ1) is 3.66. The van der Waals surface area contributed by atoms with Crippen molar-refractivity contribution in [3.8, 4) is 0 Å². The van der Waals surface area contributed by atoms with Crippen LogP contribution in [0, 0.1) is 0 Å². The second kappa shape index (κ2) is 5.64. The predicted molar refractivity (Wildman–Crippen MR) is 36.4 cm³/mol. The van der Waals surface area contributed by atoms with Gasteiger partial charge in [-0.05, 0) is 6.92 Å². The summed E-state index contributed by atoms with van der Waals surface area (Å²) >= 11 is 0. The zero-order valence-corrected chi connectivity index (χ0v) is 5.94. The van der Waals surface area contributed by atoms with Crippen LogP contribution in [0.15, 0.2) is 0 Å². The Morgan fingerprint density at radius 1 is 1.33 bits per heavy atom. The van der Waals surface area contributed by atoms with Gasteiger partial charge in [0.2, 0.25) is 0 Å². The molecule has 3 heteroatoms. The Labute approximate surface area is 58.9 Å². The number of hydrogen-bond acceptors (Lipinski definition) is 2. The molecule has 0 saturated heterocycles. The van der Waals surface area contributed by atoms with Crippen LogP contribution in [0.1, 0.15) is 26.7 Å². The Kier molecular flexibility index (Phi) is 7.10. The van der Waals surface area contributed by atoms with E-state index < -0.39 is 0 Å². The largest absolute Gasteiger partial charge is 0.300 e. The van der Waals surface area contributed by atoms with Gasteiger partial charge in [0.05, 0.1) is 6.42 Å². The van der Waals surface area contributed by atoms with Gasteiger partial charge in [-0.25, -0.2) is 0 Å². The predicted octanol–water partition coefficient (Wildman–Crippen LogP) is 0.564. The molecule has 0 aromatic rings. The zero-order chi connectivity index (χ0) is 6.57. The molecule has 0 bridgehead atoms. The van der Waals surface area contributed by atoms with E-state index in [0.29, 0.717) is 6.42 Å². The van der Waals surface area contributed by atoms with Crippen molar-refractivity contribution in [1.29, 1.82) is 0 Å². The van der Waals surface area contributed by atoms with Crippen molar-refractivity contribution >= 4 is 21.7 Å². The van der Waals surface area contributed by atoms with Crippen LogP contribution in [0.4, 0.5) is 0 Å². The minimum absolute atomic E-state index is 0. The Hall–Kier alpha value is -0.491. The molecule has 0 amide bonds. The second-order valence-electron chi connectivity index (χ2n) is 1.77. The molecular formula is C6H10BeO2. The van der Waals surface area contributed by atoms with Crippen molar-refractivity contribution in [2.75, 3.05) is 0 Å². The van der Waals surface area contributed by atoms with Crippen LogP contribution in [0.25, 0.3) is 0 Å². The quantitative estimate of drug-likeness (QED) is 0.406. The summed E-state index contributed by atoms with van der Waals surface area (Å²) in [4.78, 5) is 20.6. The van der Waals surface area contributed by atoms with Gasteiger partial charge in [0.15, 0.2) is 0 Å². The summed E-state index contributed by atoms with van der Waals surface area (Å²) in [6, 6.07) is 0. The molecule has 0 spiro atoms. The molecule has 0 saturated carbocycles. The van der Waals surface area contributed by atoms with Crippen molar-refractivity contribution in [2.24, 2.45) is 0 Å². The first-order valence-electron chi connectivity index (χ1n) is 2.68. The van der Waals surface area contributed by atoms with Gasteiger partial charge in [-0.15, -0.1) is 0 Å². The fourth-order valence-electron chi connectivity index (χ4n) is 0.403. The molecule has 0 aromatic carbocycles. The number of hydrogen-bond donors (Lipinski definition) is 0. The standard InChI is InChI=1S/C6H10O2.Be/c1-3-6(8)4-5(2)7;/h3-4H2,1-2H3;. The molecule has 0 fully saturated rings. The van der Waals surface area contributed by atoms with Crippen molar-refractivity contribution < 1.29 is 9.59 Å². The topological polar surface area (TPSA) is 34.1 Å². The van der Waals surface area contributed by atoms with Crippen LogP contribution in [-0.2, 0) is 9.59 Å². The summed E-state index contributed by atoms with van der Waals surface area (Å²) in [5.41, 5.74) is 0.